The fourth-order valence-corrected chi connectivity index (χ4v) is 3.02. The van der Waals surface area contributed by atoms with E-state index in [-0.39, 0.29) is 6.03 Å². The van der Waals surface area contributed by atoms with Gasteiger partial charge in [-0.3, -0.25) is 4.68 Å². The Morgan fingerprint density at radius 2 is 2.32 bits per heavy atom. The summed E-state index contributed by atoms with van der Waals surface area (Å²) in [6.07, 6.45) is 4.68. The maximum Gasteiger partial charge on any atom is 0.317 e. The first-order valence-electron chi connectivity index (χ1n) is 8.82. The van der Waals surface area contributed by atoms with E-state index < -0.39 is 0 Å². The second-order valence-electron chi connectivity index (χ2n) is 5.97. The quantitative estimate of drug-likeness (QED) is 0.775. The summed E-state index contributed by atoms with van der Waals surface area (Å²) >= 11 is 0. The number of hydrogen-bond donors (Lipinski definition) is 1. The lowest BCUT2D eigenvalue weighted by atomic mass is 10.0. The van der Waals surface area contributed by atoms with Crippen molar-refractivity contribution >= 4 is 6.03 Å². The van der Waals surface area contributed by atoms with E-state index in [0.717, 1.165) is 29.8 Å². The van der Waals surface area contributed by atoms with Crippen LogP contribution in [0.2, 0.25) is 0 Å². The van der Waals surface area contributed by atoms with Gasteiger partial charge in [-0.05, 0) is 13.3 Å². The van der Waals surface area contributed by atoms with Crippen LogP contribution in [0.25, 0.3) is 11.4 Å². The third-order valence-electron chi connectivity index (χ3n) is 4.27. The smallest absolute Gasteiger partial charge is 0.317 e. The Morgan fingerprint density at radius 3 is 3.04 bits per heavy atom. The van der Waals surface area contributed by atoms with Gasteiger partial charge < -0.3 is 19.4 Å². The van der Waals surface area contributed by atoms with Crippen LogP contribution in [0.1, 0.15) is 31.5 Å². The van der Waals surface area contributed by atoms with Crippen molar-refractivity contribution in [1.29, 1.82) is 0 Å². The van der Waals surface area contributed by atoms with E-state index in [4.69, 9.17) is 14.3 Å². The monoisotopic (exact) mass is 347 g/mol. The molecule has 0 saturated heterocycles. The number of nitrogens with one attached hydrogen (secondary N) is 1. The lowest BCUT2D eigenvalue weighted by molar-refractivity contribution is 0.135. The summed E-state index contributed by atoms with van der Waals surface area (Å²) in [5.74, 6) is 0. The first kappa shape index (κ1) is 17.5. The Bertz CT molecular complexity index is 695. The van der Waals surface area contributed by atoms with Crippen LogP contribution in [-0.4, -0.2) is 52.0 Å². The van der Waals surface area contributed by atoms with E-state index in [9.17, 15) is 4.79 Å². The molecule has 1 N–H and O–H groups in total. The maximum atomic E-state index is 12.3. The lowest BCUT2D eigenvalue weighted by Crippen LogP contribution is -2.43. The van der Waals surface area contributed by atoms with Crippen molar-refractivity contribution in [1.82, 2.24) is 25.0 Å². The van der Waals surface area contributed by atoms with Crippen LogP contribution >= 0.6 is 0 Å². The molecule has 0 aliphatic carbocycles. The second kappa shape index (κ2) is 8.15. The number of carbonyl (C=O) groups excluding carboxylic acids is 1. The number of amides is 2. The molecule has 0 bridgehead atoms. The van der Waals surface area contributed by atoms with E-state index in [1.54, 1.807) is 6.26 Å². The van der Waals surface area contributed by atoms with Crippen LogP contribution < -0.4 is 5.32 Å². The molecule has 1 aliphatic rings. The Kier molecular flexibility index (Phi) is 5.70. The van der Waals surface area contributed by atoms with Crippen molar-refractivity contribution in [3.63, 3.8) is 0 Å². The van der Waals surface area contributed by atoms with Gasteiger partial charge in [0.15, 0.2) is 6.39 Å². The molecule has 2 aromatic rings. The third-order valence-corrected chi connectivity index (χ3v) is 4.27. The minimum Gasteiger partial charge on any atom is -0.451 e. The molecule has 0 fully saturated rings. The summed E-state index contributed by atoms with van der Waals surface area (Å²) < 4.78 is 12.6. The van der Waals surface area contributed by atoms with E-state index in [1.165, 1.54) is 6.39 Å². The molecular weight excluding hydrogens is 322 g/mol. The van der Waals surface area contributed by atoms with Crippen molar-refractivity contribution in [2.45, 2.75) is 39.8 Å². The van der Waals surface area contributed by atoms with E-state index in [2.05, 4.69) is 10.3 Å². The number of oxazole rings is 1. The van der Waals surface area contributed by atoms with Crippen LogP contribution in [0, 0.1) is 0 Å². The number of rotatable bonds is 7. The minimum absolute atomic E-state index is 0.0272. The van der Waals surface area contributed by atoms with E-state index >= 15 is 0 Å². The molecule has 3 rings (SSSR count). The molecule has 1 aliphatic heterocycles. The molecule has 0 radical (unpaired) electrons. The fourth-order valence-electron chi connectivity index (χ4n) is 3.02. The molecule has 8 nitrogen and oxygen atoms in total. The Labute approximate surface area is 147 Å². The minimum atomic E-state index is -0.0272. The number of nitrogens with zero attached hydrogens (tertiary/aromatic N) is 4. The maximum absolute atomic E-state index is 12.3. The molecule has 136 valence electrons. The standard InChI is InChI=1S/C17H25N5O3/c1-3-6-18-17(23)21-7-5-15-13(10-21)16(14-11-25-12-19-14)20-22(15)8-9-24-4-2/h11-12H,3-10H2,1-2H3,(H,18,23). The summed E-state index contributed by atoms with van der Waals surface area (Å²) in [5.41, 5.74) is 3.68. The van der Waals surface area contributed by atoms with Crippen LogP contribution in [0.3, 0.4) is 0 Å². The van der Waals surface area contributed by atoms with Gasteiger partial charge in [-0.2, -0.15) is 5.10 Å². The van der Waals surface area contributed by atoms with Crippen molar-refractivity contribution < 1.29 is 13.9 Å². The lowest BCUT2D eigenvalue weighted by Gasteiger charge is -2.28. The highest BCUT2D eigenvalue weighted by Crippen LogP contribution is 2.29. The number of ether oxygens (including phenoxy) is 1. The van der Waals surface area contributed by atoms with Gasteiger partial charge in [0.05, 0.1) is 19.7 Å². The molecule has 0 aromatic carbocycles. The zero-order valence-corrected chi connectivity index (χ0v) is 14.8. The van der Waals surface area contributed by atoms with Crippen LogP contribution in [0.15, 0.2) is 17.1 Å². The van der Waals surface area contributed by atoms with Gasteiger partial charge in [-0.25, -0.2) is 9.78 Å². The Balaban J connectivity index is 1.84. The first-order chi connectivity index (χ1) is 12.2. The zero-order valence-electron chi connectivity index (χ0n) is 14.8. The highest BCUT2D eigenvalue weighted by Gasteiger charge is 2.28. The van der Waals surface area contributed by atoms with E-state index in [0.29, 0.717) is 45.1 Å². The highest BCUT2D eigenvalue weighted by molar-refractivity contribution is 5.75. The van der Waals surface area contributed by atoms with Crippen molar-refractivity contribution in [3.05, 3.63) is 23.9 Å². The van der Waals surface area contributed by atoms with Crippen LogP contribution in [0.5, 0.6) is 0 Å². The summed E-state index contributed by atoms with van der Waals surface area (Å²) in [6.45, 7) is 7.91. The average Bonchev–Trinajstić information content (AvgIpc) is 3.27. The van der Waals surface area contributed by atoms with Crippen molar-refractivity contribution in [3.8, 4) is 11.4 Å². The fraction of sp³-hybridized carbons (Fsp3) is 0.588. The van der Waals surface area contributed by atoms with Gasteiger partial charge in [-0.15, -0.1) is 0 Å². The highest BCUT2D eigenvalue weighted by atomic mass is 16.5. The number of urea groups is 1. The van der Waals surface area contributed by atoms with Crippen molar-refractivity contribution in [2.75, 3.05) is 26.3 Å². The number of aromatic nitrogens is 3. The second-order valence-corrected chi connectivity index (χ2v) is 5.97. The molecular formula is C17H25N5O3. The molecule has 8 heteroatoms. The summed E-state index contributed by atoms with van der Waals surface area (Å²) in [5, 5.41) is 7.66. The predicted octanol–water partition coefficient (Wildman–Crippen LogP) is 2.05. The Morgan fingerprint density at radius 1 is 1.44 bits per heavy atom. The first-order valence-corrected chi connectivity index (χ1v) is 8.82. The number of fused-ring (bicyclic) bond motifs is 1. The Hall–Kier alpha value is -2.35. The zero-order chi connectivity index (χ0) is 17.6. The average molecular weight is 347 g/mol. The topological polar surface area (TPSA) is 85.4 Å². The van der Waals surface area contributed by atoms with Crippen molar-refractivity contribution in [2.24, 2.45) is 0 Å². The third kappa shape index (κ3) is 3.84. The summed E-state index contributed by atoms with van der Waals surface area (Å²) in [4.78, 5) is 18.4. The van der Waals surface area contributed by atoms with Gasteiger partial charge in [0.25, 0.3) is 0 Å². The number of hydrogen-bond acceptors (Lipinski definition) is 5. The predicted molar refractivity (Wildman–Crippen MR) is 92.0 cm³/mol. The number of carbonyl (C=O) groups is 1. The molecule has 3 heterocycles. The SMILES string of the molecule is CCCNC(=O)N1CCc2c(c(-c3cocn3)nn2CCOCC)C1. The van der Waals surface area contributed by atoms with Crippen LogP contribution in [-0.2, 0) is 24.2 Å². The summed E-state index contributed by atoms with van der Waals surface area (Å²) in [6, 6.07) is -0.0272. The molecule has 2 amide bonds. The van der Waals surface area contributed by atoms with E-state index in [1.807, 2.05) is 23.4 Å². The summed E-state index contributed by atoms with van der Waals surface area (Å²) in [7, 11) is 0. The van der Waals surface area contributed by atoms with Gasteiger partial charge in [-0.1, -0.05) is 6.92 Å². The van der Waals surface area contributed by atoms with Gasteiger partial charge in [0, 0.05) is 37.4 Å². The van der Waals surface area contributed by atoms with Gasteiger partial charge in [0.1, 0.15) is 17.7 Å². The molecule has 0 spiro atoms. The molecule has 25 heavy (non-hydrogen) atoms. The van der Waals surface area contributed by atoms with Gasteiger partial charge in [0.2, 0.25) is 0 Å². The van der Waals surface area contributed by atoms with Crippen LogP contribution in [0.4, 0.5) is 4.79 Å². The molecule has 0 saturated carbocycles. The largest absolute Gasteiger partial charge is 0.451 e. The van der Waals surface area contributed by atoms with Gasteiger partial charge >= 0.3 is 6.03 Å². The molecule has 0 unspecified atom stereocenters. The normalized spacial score (nSPS) is 13.8. The molecule has 0 atom stereocenters. The molecule has 2 aromatic heterocycles.